The van der Waals surface area contributed by atoms with E-state index in [0.717, 1.165) is 6.20 Å². The molecule has 1 aromatic heterocycles. The molecule has 2 N–H and O–H groups in total. The van der Waals surface area contributed by atoms with Crippen LogP contribution in [0.4, 0.5) is 26.2 Å². The second-order valence-electron chi connectivity index (χ2n) is 3.62. The van der Waals surface area contributed by atoms with Gasteiger partial charge < -0.3 is 10.6 Å². The van der Waals surface area contributed by atoms with Gasteiger partial charge in [-0.05, 0) is 25.1 Å². The number of halogens is 2. The lowest BCUT2D eigenvalue weighted by atomic mass is 10.2. The van der Waals surface area contributed by atoms with Gasteiger partial charge in [-0.25, -0.2) is 13.8 Å². The summed E-state index contributed by atoms with van der Waals surface area (Å²) < 4.78 is 26.9. The summed E-state index contributed by atoms with van der Waals surface area (Å²) in [7, 11) is 0. The Balaban J connectivity index is 2.48. The average molecular weight is 250 g/mol. The molecule has 4 nitrogen and oxygen atoms in total. The molecule has 0 fully saturated rings. The van der Waals surface area contributed by atoms with Crippen LogP contribution in [-0.2, 0) is 0 Å². The maximum Gasteiger partial charge on any atom is 0.222 e. The Kier molecular flexibility index (Phi) is 3.36. The molecule has 0 saturated heterocycles. The maximum atomic E-state index is 13.7. The summed E-state index contributed by atoms with van der Waals surface area (Å²) in [5, 5.41) is 0. The third-order valence-electron chi connectivity index (χ3n) is 2.44. The second kappa shape index (κ2) is 4.95. The Morgan fingerprint density at radius 3 is 2.78 bits per heavy atom. The van der Waals surface area contributed by atoms with Gasteiger partial charge in [0.05, 0.1) is 6.20 Å². The van der Waals surface area contributed by atoms with Crippen LogP contribution < -0.4 is 10.6 Å². The first-order valence-corrected chi connectivity index (χ1v) is 5.43. The van der Waals surface area contributed by atoms with E-state index in [2.05, 4.69) is 9.97 Å². The van der Waals surface area contributed by atoms with Gasteiger partial charge in [0.25, 0.3) is 0 Å². The Morgan fingerprint density at radius 2 is 2.11 bits per heavy atom. The molecule has 0 atom stereocenters. The molecule has 0 bridgehead atoms. The molecule has 2 aromatic rings. The second-order valence-corrected chi connectivity index (χ2v) is 3.62. The first kappa shape index (κ1) is 12.2. The molecule has 94 valence electrons. The minimum atomic E-state index is -0.602. The third-order valence-corrected chi connectivity index (χ3v) is 2.44. The minimum absolute atomic E-state index is 0.0266. The Morgan fingerprint density at radius 1 is 1.33 bits per heavy atom. The van der Waals surface area contributed by atoms with Crippen molar-refractivity contribution in [3.8, 4) is 0 Å². The van der Waals surface area contributed by atoms with Gasteiger partial charge in [0.1, 0.15) is 5.82 Å². The van der Waals surface area contributed by atoms with Gasteiger partial charge in [0.2, 0.25) is 5.95 Å². The van der Waals surface area contributed by atoms with E-state index in [0.29, 0.717) is 12.2 Å². The summed E-state index contributed by atoms with van der Waals surface area (Å²) in [6.45, 7) is 2.24. The molecular formula is C12H12F2N4. The fourth-order valence-corrected chi connectivity index (χ4v) is 1.66. The molecule has 0 radical (unpaired) electrons. The highest BCUT2D eigenvalue weighted by Crippen LogP contribution is 2.26. The van der Waals surface area contributed by atoms with Gasteiger partial charge in [-0.3, -0.25) is 0 Å². The topological polar surface area (TPSA) is 55.0 Å². The summed E-state index contributed by atoms with van der Waals surface area (Å²) in [5.41, 5.74) is 5.95. The van der Waals surface area contributed by atoms with Gasteiger partial charge in [-0.1, -0.05) is 6.07 Å². The molecule has 6 heteroatoms. The lowest BCUT2D eigenvalue weighted by Crippen LogP contribution is -2.20. The van der Waals surface area contributed by atoms with E-state index in [4.69, 9.17) is 5.73 Å². The summed E-state index contributed by atoms with van der Waals surface area (Å²) >= 11 is 0. The van der Waals surface area contributed by atoms with Crippen molar-refractivity contribution in [2.45, 2.75) is 6.92 Å². The number of hydrogen-bond acceptors (Lipinski definition) is 4. The molecule has 2 rings (SSSR count). The normalized spacial score (nSPS) is 10.4. The van der Waals surface area contributed by atoms with Crippen molar-refractivity contribution in [3.05, 3.63) is 42.1 Å². The van der Waals surface area contributed by atoms with Crippen molar-refractivity contribution < 1.29 is 8.78 Å². The summed E-state index contributed by atoms with van der Waals surface area (Å²) in [6, 6.07) is 5.85. The van der Waals surface area contributed by atoms with Crippen LogP contribution in [0.3, 0.4) is 0 Å². The highest BCUT2D eigenvalue weighted by molar-refractivity contribution is 5.60. The largest absolute Gasteiger partial charge is 0.368 e. The van der Waals surface area contributed by atoms with Crippen LogP contribution >= 0.6 is 0 Å². The van der Waals surface area contributed by atoms with Crippen LogP contribution in [0.2, 0.25) is 0 Å². The zero-order valence-corrected chi connectivity index (χ0v) is 9.77. The molecular weight excluding hydrogens is 238 g/mol. The number of aromatic nitrogens is 2. The fraction of sp³-hybridized carbons (Fsp3) is 0.167. The predicted octanol–water partition coefficient (Wildman–Crippen LogP) is 2.50. The number of anilines is 3. The Hall–Kier alpha value is -2.24. The third kappa shape index (κ3) is 2.37. The Labute approximate surface area is 103 Å². The smallest absolute Gasteiger partial charge is 0.222 e. The zero-order chi connectivity index (χ0) is 13.1. The summed E-state index contributed by atoms with van der Waals surface area (Å²) in [5.74, 6) is -0.986. The standard InChI is InChI=1S/C12H12F2N4/c1-2-18(9-5-3-4-8(13)6-9)11-10(14)7-16-12(15)17-11/h3-7H,2H2,1H3,(H2,15,16,17). The molecule has 0 unspecified atom stereocenters. The number of benzene rings is 1. The summed E-state index contributed by atoms with van der Waals surface area (Å²) in [6.07, 6.45) is 1.000. The average Bonchev–Trinajstić information content (AvgIpc) is 2.35. The molecule has 0 amide bonds. The molecule has 18 heavy (non-hydrogen) atoms. The highest BCUT2D eigenvalue weighted by atomic mass is 19.1. The Bertz CT molecular complexity index is 560. The number of rotatable bonds is 3. The van der Waals surface area contributed by atoms with Gasteiger partial charge in [0.15, 0.2) is 11.6 Å². The van der Waals surface area contributed by atoms with E-state index >= 15 is 0 Å². The number of hydrogen-bond donors (Lipinski definition) is 1. The number of nitrogens with two attached hydrogens (primary N) is 1. The minimum Gasteiger partial charge on any atom is -0.368 e. The van der Waals surface area contributed by atoms with Gasteiger partial charge >= 0.3 is 0 Å². The highest BCUT2D eigenvalue weighted by Gasteiger charge is 2.15. The van der Waals surface area contributed by atoms with E-state index in [1.807, 2.05) is 6.92 Å². The van der Waals surface area contributed by atoms with Crippen molar-refractivity contribution in [2.24, 2.45) is 0 Å². The van der Waals surface area contributed by atoms with E-state index in [9.17, 15) is 8.78 Å². The van der Waals surface area contributed by atoms with E-state index in [-0.39, 0.29) is 11.8 Å². The van der Waals surface area contributed by atoms with Crippen molar-refractivity contribution in [2.75, 3.05) is 17.2 Å². The van der Waals surface area contributed by atoms with Crippen LogP contribution in [0.1, 0.15) is 6.92 Å². The molecule has 0 aliphatic rings. The lowest BCUT2D eigenvalue weighted by Gasteiger charge is -2.22. The predicted molar refractivity (Wildman–Crippen MR) is 65.5 cm³/mol. The van der Waals surface area contributed by atoms with E-state index in [1.54, 1.807) is 12.1 Å². The first-order valence-electron chi connectivity index (χ1n) is 5.43. The monoisotopic (exact) mass is 250 g/mol. The number of nitrogens with zero attached hydrogens (tertiary/aromatic N) is 3. The van der Waals surface area contributed by atoms with Crippen LogP contribution in [0.5, 0.6) is 0 Å². The van der Waals surface area contributed by atoms with Crippen LogP contribution in [0.25, 0.3) is 0 Å². The van der Waals surface area contributed by atoms with Crippen molar-refractivity contribution in [1.82, 2.24) is 9.97 Å². The SMILES string of the molecule is CCN(c1cccc(F)c1)c1nc(N)ncc1F. The van der Waals surface area contributed by atoms with Gasteiger partial charge in [0, 0.05) is 12.2 Å². The zero-order valence-electron chi connectivity index (χ0n) is 9.77. The van der Waals surface area contributed by atoms with Crippen molar-refractivity contribution in [1.29, 1.82) is 0 Å². The molecule has 0 aliphatic carbocycles. The van der Waals surface area contributed by atoms with Crippen molar-refractivity contribution >= 4 is 17.5 Å². The molecule has 1 heterocycles. The van der Waals surface area contributed by atoms with Crippen molar-refractivity contribution in [3.63, 3.8) is 0 Å². The van der Waals surface area contributed by atoms with Crippen LogP contribution in [0, 0.1) is 11.6 Å². The van der Waals surface area contributed by atoms with Gasteiger partial charge in [-0.2, -0.15) is 4.98 Å². The molecule has 0 spiro atoms. The fourth-order valence-electron chi connectivity index (χ4n) is 1.66. The summed E-state index contributed by atoms with van der Waals surface area (Å²) in [4.78, 5) is 8.93. The van der Waals surface area contributed by atoms with Gasteiger partial charge in [-0.15, -0.1) is 0 Å². The molecule has 0 aliphatic heterocycles. The maximum absolute atomic E-state index is 13.7. The molecule has 0 saturated carbocycles. The lowest BCUT2D eigenvalue weighted by molar-refractivity contribution is 0.610. The van der Waals surface area contributed by atoms with Crippen LogP contribution in [-0.4, -0.2) is 16.5 Å². The van der Waals surface area contributed by atoms with E-state index < -0.39 is 11.6 Å². The first-order chi connectivity index (χ1) is 8.61. The quantitative estimate of drug-likeness (QED) is 0.909. The van der Waals surface area contributed by atoms with Crippen LogP contribution in [0.15, 0.2) is 30.5 Å². The molecule has 1 aromatic carbocycles. The number of nitrogen functional groups attached to an aromatic ring is 1. The van der Waals surface area contributed by atoms with E-state index in [1.165, 1.54) is 17.0 Å².